The van der Waals surface area contributed by atoms with Gasteiger partial charge in [0.15, 0.2) is 5.82 Å². The zero-order valence-electron chi connectivity index (χ0n) is 12.7. The second-order valence-corrected chi connectivity index (χ2v) is 5.53. The van der Waals surface area contributed by atoms with Crippen molar-refractivity contribution in [2.24, 2.45) is 0 Å². The number of aryl methyl sites for hydroxylation is 1. The van der Waals surface area contributed by atoms with Crippen molar-refractivity contribution in [1.82, 2.24) is 20.4 Å². The lowest BCUT2D eigenvalue weighted by molar-refractivity contribution is 0.160. The molecular formula is C16H22N4O. The molecule has 1 N–H and O–H groups in total. The molecule has 1 aliphatic heterocycles. The maximum Gasteiger partial charge on any atom is 0.257 e. The predicted molar refractivity (Wildman–Crippen MR) is 81.9 cm³/mol. The molecule has 0 amide bonds. The summed E-state index contributed by atoms with van der Waals surface area (Å²) in [5, 5.41) is 7.59. The van der Waals surface area contributed by atoms with Crippen LogP contribution in [-0.4, -0.2) is 41.2 Å². The second kappa shape index (κ2) is 6.37. The number of hydrogen-bond donors (Lipinski definition) is 1. The van der Waals surface area contributed by atoms with E-state index in [2.05, 4.69) is 46.3 Å². The average Bonchev–Trinajstić information content (AvgIpc) is 2.99. The summed E-state index contributed by atoms with van der Waals surface area (Å²) in [5.41, 5.74) is 2.21. The largest absolute Gasteiger partial charge is 0.334 e. The Bertz CT molecular complexity index is 572. The van der Waals surface area contributed by atoms with Crippen LogP contribution in [0.15, 0.2) is 28.8 Å². The summed E-state index contributed by atoms with van der Waals surface area (Å²) in [5.74, 6) is 1.41. The van der Waals surface area contributed by atoms with Gasteiger partial charge in [0.2, 0.25) is 0 Å². The molecule has 21 heavy (non-hydrogen) atoms. The zero-order valence-corrected chi connectivity index (χ0v) is 12.7. The van der Waals surface area contributed by atoms with E-state index in [1.54, 1.807) is 0 Å². The van der Waals surface area contributed by atoms with E-state index in [1.165, 1.54) is 5.56 Å². The highest BCUT2D eigenvalue weighted by atomic mass is 16.5. The maximum atomic E-state index is 5.46. The van der Waals surface area contributed by atoms with Gasteiger partial charge in [0.1, 0.15) is 0 Å². The fourth-order valence-electron chi connectivity index (χ4n) is 2.78. The maximum absolute atomic E-state index is 5.46. The minimum Gasteiger partial charge on any atom is -0.334 e. The molecule has 1 atom stereocenters. The van der Waals surface area contributed by atoms with Crippen LogP contribution in [0.3, 0.4) is 0 Å². The first kappa shape index (κ1) is 14.2. The molecule has 5 heteroatoms. The van der Waals surface area contributed by atoms with Gasteiger partial charge >= 0.3 is 0 Å². The number of rotatable bonds is 4. The Kier molecular flexibility index (Phi) is 4.31. The van der Waals surface area contributed by atoms with E-state index < -0.39 is 0 Å². The molecule has 1 aliphatic rings. The van der Waals surface area contributed by atoms with Crippen LogP contribution in [0, 0.1) is 6.92 Å². The summed E-state index contributed by atoms with van der Waals surface area (Å²) >= 11 is 0. The highest BCUT2D eigenvalue weighted by molar-refractivity contribution is 5.53. The molecule has 0 spiro atoms. The Morgan fingerprint density at radius 3 is 2.62 bits per heavy atom. The van der Waals surface area contributed by atoms with Crippen LogP contribution < -0.4 is 5.32 Å². The van der Waals surface area contributed by atoms with Gasteiger partial charge in [-0.25, -0.2) is 0 Å². The molecule has 1 fully saturated rings. The molecule has 3 rings (SSSR count). The molecule has 5 nitrogen and oxygen atoms in total. The van der Waals surface area contributed by atoms with Gasteiger partial charge in [0.05, 0.1) is 6.04 Å². The Labute approximate surface area is 125 Å². The standard InChI is InChI=1S/C16H22N4O/c1-3-14(20-10-8-17-9-11-20)15-18-16(21-19-15)13-6-4-12(2)5-7-13/h4-7,14,17H,3,8-11H2,1-2H3. The molecule has 0 saturated carbocycles. The molecule has 112 valence electrons. The van der Waals surface area contributed by atoms with E-state index in [1.807, 2.05) is 12.1 Å². The summed E-state index contributed by atoms with van der Waals surface area (Å²) in [7, 11) is 0. The van der Waals surface area contributed by atoms with Gasteiger partial charge in [-0.3, -0.25) is 4.90 Å². The third-order valence-corrected chi connectivity index (χ3v) is 4.02. The molecule has 1 aromatic carbocycles. The molecule has 1 saturated heterocycles. The van der Waals surface area contributed by atoms with Crippen LogP contribution in [0.1, 0.15) is 30.8 Å². The first-order valence-electron chi connectivity index (χ1n) is 7.63. The summed E-state index contributed by atoms with van der Waals surface area (Å²) in [6.45, 7) is 8.37. The average molecular weight is 286 g/mol. The van der Waals surface area contributed by atoms with Crippen LogP contribution in [-0.2, 0) is 0 Å². The van der Waals surface area contributed by atoms with Crippen molar-refractivity contribution in [3.05, 3.63) is 35.7 Å². The zero-order chi connectivity index (χ0) is 14.7. The van der Waals surface area contributed by atoms with E-state index in [-0.39, 0.29) is 6.04 Å². The van der Waals surface area contributed by atoms with E-state index in [9.17, 15) is 0 Å². The van der Waals surface area contributed by atoms with Crippen molar-refractivity contribution in [2.75, 3.05) is 26.2 Å². The van der Waals surface area contributed by atoms with Gasteiger partial charge in [0, 0.05) is 31.7 Å². The van der Waals surface area contributed by atoms with Gasteiger partial charge in [-0.1, -0.05) is 29.8 Å². The van der Waals surface area contributed by atoms with Crippen LogP contribution >= 0.6 is 0 Å². The van der Waals surface area contributed by atoms with Crippen LogP contribution in [0.4, 0.5) is 0 Å². The van der Waals surface area contributed by atoms with Crippen LogP contribution in [0.5, 0.6) is 0 Å². The van der Waals surface area contributed by atoms with Crippen LogP contribution in [0.25, 0.3) is 11.5 Å². The normalized spacial score (nSPS) is 17.8. The minimum absolute atomic E-state index is 0.245. The second-order valence-electron chi connectivity index (χ2n) is 5.53. The predicted octanol–water partition coefficient (Wildman–Crippen LogP) is 2.40. The highest BCUT2D eigenvalue weighted by Crippen LogP contribution is 2.25. The first-order chi connectivity index (χ1) is 10.3. The Balaban J connectivity index is 1.80. The molecule has 2 heterocycles. The topological polar surface area (TPSA) is 54.2 Å². The van der Waals surface area contributed by atoms with Crippen LogP contribution in [0.2, 0.25) is 0 Å². The number of hydrogen-bond acceptors (Lipinski definition) is 5. The number of benzene rings is 1. The van der Waals surface area contributed by atoms with Crippen molar-refractivity contribution in [1.29, 1.82) is 0 Å². The lowest BCUT2D eigenvalue weighted by Crippen LogP contribution is -2.45. The lowest BCUT2D eigenvalue weighted by Gasteiger charge is -2.32. The molecule has 2 aromatic rings. The third-order valence-electron chi connectivity index (χ3n) is 4.02. The summed E-state index contributed by atoms with van der Waals surface area (Å²) in [4.78, 5) is 7.05. The minimum atomic E-state index is 0.245. The van der Waals surface area contributed by atoms with Gasteiger partial charge < -0.3 is 9.84 Å². The van der Waals surface area contributed by atoms with Gasteiger partial charge in [-0.2, -0.15) is 4.98 Å². The third kappa shape index (κ3) is 3.14. The molecule has 1 aromatic heterocycles. The number of nitrogens with zero attached hydrogens (tertiary/aromatic N) is 3. The lowest BCUT2D eigenvalue weighted by atomic mass is 10.1. The monoisotopic (exact) mass is 286 g/mol. The molecule has 0 radical (unpaired) electrons. The number of piperazine rings is 1. The van der Waals surface area contributed by atoms with Crippen molar-refractivity contribution in [3.63, 3.8) is 0 Å². The SMILES string of the molecule is CCC(c1noc(-c2ccc(C)cc2)n1)N1CCNCC1. The highest BCUT2D eigenvalue weighted by Gasteiger charge is 2.25. The Hall–Kier alpha value is -1.72. The van der Waals surface area contributed by atoms with Gasteiger partial charge in [-0.05, 0) is 25.5 Å². The van der Waals surface area contributed by atoms with E-state index >= 15 is 0 Å². The van der Waals surface area contributed by atoms with Gasteiger partial charge in [0.25, 0.3) is 5.89 Å². The quantitative estimate of drug-likeness (QED) is 0.935. The number of nitrogens with one attached hydrogen (secondary N) is 1. The molecule has 1 unspecified atom stereocenters. The van der Waals surface area contributed by atoms with E-state index in [0.717, 1.165) is 44.0 Å². The van der Waals surface area contributed by atoms with E-state index in [4.69, 9.17) is 4.52 Å². The molecule has 0 aliphatic carbocycles. The van der Waals surface area contributed by atoms with Crippen molar-refractivity contribution in [3.8, 4) is 11.5 Å². The van der Waals surface area contributed by atoms with Gasteiger partial charge in [-0.15, -0.1) is 0 Å². The fraction of sp³-hybridized carbons (Fsp3) is 0.500. The smallest absolute Gasteiger partial charge is 0.257 e. The van der Waals surface area contributed by atoms with Crippen molar-refractivity contribution in [2.45, 2.75) is 26.3 Å². The Morgan fingerprint density at radius 2 is 1.95 bits per heavy atom. The first-order valence-corrected chi connectivity index (χ1v) is 7.63. The number of aromatic nitrogens is 2. The fourth-order valence-corrected chi connectivity index (χ4v) is 2.78. The molecular weight excluding hydrogens is 264 g/mol. The van der Waals surface area contributed by atoms with E-state index in [0.29, 0.717) is 5.89 Å². The Morgan fingerprint density at radius 1 is 1.24 bits per heavy atom. The summed E-state index contributed by atoms with van der Waals surface area (Å²) in [6, 6.07) is 8.42. The molecule has 0 bridgehead atoms. The summed E-state index contributed by atoms with van der Waals surface area (Å²) < 4.78 is 5.46. The van der Waals surface area contributed by atoms with Crippen molar-refractivity contribution >= 4 is 0 Å². The summed E-state index contributed by atoms with van der Waals surface area (Å²) in [6.07, 6.45) is 0.993. The van der Waals surface area contributed by atoms with Crippen molar-refractivity contribution < 1.29 is 4.52 Å².